The summed E-state index contributed by atoms with van der Waals surface area (Å²) < 4.78 is 15.1. The molecule has 0 unspecified atom stereocenters. The van der Waals surface area contributed by atoms with Crippen LogP contribution in [0, 0.1) is 25.6 Å². The number of aromatic nitrogens is 1. The molecule has 0 saturated carbocycles. The molecule has 122 valence electrons. The molecule has 1 N–H and O–H groups in total. The van der Waals surface area contributed by atoms with Crippen LogP contribution in [0.4, 0.5) is 4.39 Å². The van der Waals surface area contributed by atoms with Crippen molar-refractivity contribution in [2.45, 2.75) is 34.2 Å². The second-order valence-corrected chi connectivity index (χ2v) is 6.04. The van der Waals surface area contributed by atoms with E-state index in [0.717, 1.165) is 17.8 Å². The van der Waals surface area contributed by atoms with Crippen LogP contribution in [-0.4, -0.2) is 16.7 Å². The first-order valence-corrected chi connectivity index (χ1v) is 7.64. The van der Waals surface area contributed by atoms with Gasteiger partial charge in [0.25, 0.3) is 5.91 Å². The van der Waals surface area contributed by atoms with Gasteiger partial charge in [-0.3, -0.25) is 4.79 Å². The van der Waals surface area contributed by atoms with E-state index in [4.69, 9.17) is 0 Å². The highest BCUT2D eigenvalue weighted by molar-refractivity contribution is 5.94. The highest BCUT2D eigenvalue weighted by atomic mass is 19.1. The molecule has 0 aliphatic heterocycles. The van der Waals surface area contributed by atoms with E-state index in [9.17, 15) is 9.18 Å². The smallest absolute Gasteiger partial charge is 0.271 e. The molecule has 23 heavy (non-hydrogen) atoms. The van der Waals surface area contributed by atoms with E-state index < -0.39 is 0 Å². The number of carbonyl (C=O) groups is 1. The number of nitrogens with zero attached hydrogens (tertiary/aromatic N) is 2. The summed E-state index contributed by atoms with van der Waals surface area (Å²) >= 11 is 0. The average molecular weight is 315 g/mol. The van der Waals surface area contributed by atoms with E-state index in [2.05, 4.69) is 35.9 Å². The second kappa shape index (κ2) is 7.22. The molecule has 1 heterocycles. The molecule has 1 amide bonds. The van der Waals surface area contributed by atoms with Crippen LogP contribution in [0.5, 0.6) is 0 Å². The minimum atomic E-state index is -0.373. The number of hydrogen-bond acceptors (Lipinski definition) is 2. The van der Waals surface area contributed by atoms with E-state index in [-0.39, 0.29) is 11.7 Å². The highest BCUT2D eigenvalue weighted by Gasteiger charge is 2.09. The van der Waals surface area contributed by atoms with Crippen LogP contribution >= 0.6 is 0 Å². The van der Waals surface area contributed by atoms with Gasteiger partial charge in [-0.2, -0.15) is 5.10 Å². The summed E-state index contributed by atoms with van der Waals surface area (Å²) in [5.74, 6) is -0.178. The Morgan fingerprint density at radius 3 is 2.57 bits per heavy atom. The van der Waals surface area contributed by atoms with E-state index in [1.807, 2.05) is 13.0 Å². The zero-order chi connectivity index (χ0) is 17.0. The predicted octanol–water partition coefficient (Wildman–Crippen LogP) is 3.66. The maximum absolute atomic E-state index is 12.8. The van der Waals surface area contributed by atoms with Crippen LogP contribution in [0.15, 0.2) is 35.4 Å². The Hall–Kier alpha value is -2.43. The number of rotatable bonds is 5. The normalized spacial score (nSPS) is 11.4. The monoisotopic (exact) mass is 315 g/mol. The third-order valence-electron chi connectivity index (χ3n) is 3.64. The molecule has 2 aromatic rings. The number of carbonyl (C=O) groups excluding carboxylic acids is 1. The zero-order valence-electron chi connectivity index (χ0n) is 13.9. The summed E-state index contributed by atoms with van der Waals surface area (Å²) in [5, 5.41) is 4.00. The van der Waals surface area contributed by atoms with Gasteiger partial charge in [-0.25, -0.2) is 9.82 Å². The summed E-state index contributed by atoms with van der Waals surface area (Å²) in [4.78, 5) is 11.9. The van der Waals surface area contributed by atoms with E-state index in [1.54, 1.807) is 6.21 Å². The van der Waals surface area contributed by atoms with Gasteiger partial charge in [-0.05, 0) is 50.1 Å². The lowest BCUT2D eigenvalue weighted by molar-refractivity contribution is 0.0955. The summed E-state index contributed by atoms with van der Waals surface area (Å²) in [7, 11) is 0. The summed E-state index contributed by atoms with van der Waals surface area (Å²) in [6.45, 7) is 9.40. The number of hydrogen-bond donors (Lipinski definition) is 1. The number of halogens is 1. The van der Waals surface area contributed by atoms with Crippen molar-refractivity contribution in [2.75, 3.05) is 0 Å². The van der Waals surface area contributed by atoms with Crippen LogP contribution in [0.25, 0.3) is 0 Å². The van der Waals surface area contributed by atoms with Gasteiger partial charge in [0.05, 0.1) is 6.21 Å². The number of hydrazone groups is 1. The first kappa shape index (κ1) is 16.9. The molecule has 0 radical (unpaired) electrons. The standard InChI is InChI=1S/C18H22FN3O/c1-12(2)11-22-13(3)9-16(14(22)4)10-20-21-18(23)15-5-7-17(19)8-6-15/h5-10,12H,11H2,1-4H3,(H,21,23)/b20-10-. The number of nitrogens with one attached hydrogen (secondary N) is 1. The largest absolute Gasteiger partial charge is 0.348 e. The van der Waals surface area contributed by atoms with Crippen molar-refractivity contribution >= 4 is 12.1 Å². The summed E-state index contributed by atoms with van der Waals surface area (Å²) in [6.07, 6.45) is 1.64. The Kier molecular flexibility index (Phi) is 5.32. The third kappa shape index (κ3) is 4.28. The van der Waals surface area contributed by atoms with Crippen LogP contribution in [0.3, 0.4) is 0 Å². The van der Waals surface area contributed by atoms with Gasteiger partial charge in [0.15, 0.2) is 0 Å². The molecule has 0 aliphatic carbocycles. The zero-order valence-corrected chi connectivity index (χ0v) is 13.9. The quantitative estimate of drug-likeness (QED) is 0.664. The van der Waals surface area contributed by atoms with Crippen LogP contribution in [-0.2, 0) is 6.54 Å². The van der Waals surface area contributed by atoms with E-state index in [0.29, 0.717) is 11.5 Å². The highest BCUT2D eigenvalue weighted by Crippen LogP contribution is 2.15. The molecule has 1 aromatic carbocycles. The van der Waals surface area contributed by atoms with Crippen molar-refractivity contribution in [1.29, 1.82) is 0 Å². The lowest BCUT2D eigenvalue weighted by atomic mass is 10.2. The molecule has 0 atom stereocenters. The number of benzene rings is 1. The first-order valence-electron chi connectivity index (χ1n) is 7.64. The fourth-order valence-electron chi connectivity index (χ4n) is 2.43. The third-order valence-corrected chi connectivity index (χ3v) is 3.64. The summed E-state index contributed by atoms with van der Waals surface area (Å²) in [5.41, 5.74) is 6.10. The minimum Gasteiger partial charge on any atom is -0.348 e. The topological polar surface area (TPSA) is 46.4 Å². The van der Waals surface area contributed by atoms with Gasteiger partial charge in [-0.15, -0.1) is 0 Å². The molecule has 0 bridgehead atoms. The number of aryl methyl sites for hydroxylation is 1. The van der Waals surface area contributed by atoms with Gasteiger partial charge in [0.2, 0.25) is 0 Å². The molecule has 4 nitrogen and oxygen atoms in total. The molecule has 5 heteroatoms. The lowest BCUT2D eigenvalue weighted by Gasteiger charge is -2.11. The Bertz CT molecular complexity index is 715. The Labute approximate surface area is 136 Å². The van der Waals surface area contributed by atoms with Crippen LogP contribution < -0.4 is 5.43 Å². The SMILES string of the molecule is Cc1cc(/C=N\NC(=O)c2ccc(F)cc2)c(C)n1CC(C)C. The molecule has 0 spiro atoms. The number of amides is 1. The van der Waals surface area contributed by atoms with Gasteiger partial charge in [0, 0.05) is 29.1 Å². The average Bonchev–Trinajstić information content (AvgIpc) is 2.75. The van der Waals surface area contributed by atoms with Crippen molar-refractivity contribution in [3.8, 4) is 0 Å². The molecular formula is C18H22FN3O. The minimum absolute atomic E-state index is 0.364. The molecule has 0 saturated heterocycles. The van der Waals surface area contributed by atoms with Crippen molar-refractivity contribution in [3.05, 3.63) is 58.7 Å². The van der Waals surface area contributed by atoms with Gasteiger partial charge >= 0.3 is 0 Å². The molecule has 0 aliphatic rings. The van der Waals surface area contributed by atoms with E-state index >= 15 is 0 Å². The molecule has 0 fully saturated rings. The molecule has 2 rings (SSSR count). The van der Waals surface area contributed by atoms with Crippen molar-refractivity contribution in [3.63, 3.8) is 0 Å². The fraction of sp³-hybridized carbons (Fsp3) is 0.333. The van der Waals surface area contributed by atoms with E-state index in [1.165, 1.54) is 30.0 Å². The van der Waals surface area contributed by atoms with Gasteiger partial charge in [-0.1, -0.05) is 13.8 Å². The predicted molar refractivity (Wildman–Crippen MR) is 90.2 cm³/mol. The Morgan fingerprint density at radius 1 is 1.30 bits per heavy atom. The first-order chi connectivity index (χ1) is 10.9. The van der Waals surface area contributed by atoms with Gasteiger partial charge in [0.1, 0.15) is 5.82 Å². The Morgan fingerprint density at radius 2 is 1.96 bits per heavy atom. The maximum atomic E-state index is 12.8. The van der Waals surface area contributed by atoms with Crippen molar-refractivity contribution < 1.29 is 9.18 Å². The Balaban J connectivity index is 2.06. The van der Waals surface area contributed by atoms with Crippen LogP contribution in [0.2, 0.25) is 0 Å². The van der Waals surface area contributed by atoms with Crippen molar-refractivity contribution in [2.24, 2.45) is 11.0 Å². The maximum Gasteiger partial charge on any atom is 0.271 e. The van der Waals surface area contributed by atoms with Crippen molar-refractivity contribution in [1.82, 2.24) is 9.99 Å². The van der Waals surface area contributed by atoms with Gasteiger partial charge < -0.3 is 4.57 Å². The van der Waals surface area contributed by atoms with Crippen LogP contribution in [0.1, 0.15) is 41.2 Å². The summed E-state index contributed by atoms with van der Waals surface area (Å²) in [6, 6.07) is 7.39. The molecule has 1 aromatic heterocycles. The molecular weight excluding hydrogens is 293 g/mol. The lowest BCUT2D eigenvalue weighted by Crippen LogP contribution is -2.17. The second-order valence-electron chi connectivity index (χ2n) is 6.04. The fourth-order valence-corrected chi connectivity index (χ4v) is 2.43.